The second kappa shape index (κ2) is 8.31. The highest BCUT2D eigenvalue weighted by molar-refractivity contribution is 6.03. The average molecular weight is 419 g/mol. The van der Waals surface area contributed by atoms with Crippen LogP contribution >= 0.6 is 0 Å². The smallest absolute Gasteiger partial charge is 0.279 e. The van der Waals surface area contributed by atoms with Crippen molar-refractivity contribution in [2.45, 2.75) is 6.54 Å². The first-order valence-corrected chi connectivity index (χ1v) is 9.51. The summed E-state index contributed by atoms with van der Waals surface area (Å²) in [6, 6.07) is 14.5. The second-order valence-electron chi connectivity index (χ2n) is 6.86. The number of hydrogen-bond acceptors (Lipinski definition) is 6. The Kier molecular flexibility index (Phi) is 5.40. The number of fused-ring (bicyclic) bond motifs is 1. The van der Waals surface area contributed by atoms with Crippen LogP contribution in [-0.2, 0) is 13.6 Å². The van der Waals surface area contributed by atoms with Crippen molar-refractivity contribution in [1.29, 1.82) is 0 Å². The monoisotopic (exact) mass is 419 g/mol. The van der Waals surface area contributed by atoms with Crippen LogP contribution in [0.25, 0.3) is 16.7 Å². The lowest BCUT2D eigenvalue weighted by Crippen LogP contribution is -2.24. The van der Waals surface area contributed by atoms with E-state index in [4.69, 9.17) is 9.47 Å². The molecule has 0 fully saturated rings. The van der Waals surface area contributed by atoms with Gasteiger partial charge < -0.3 is 19.4 Å². The Morgan fingerprint density at radius 1 is 1.06 bits per heavy atom. The fraction of sp³-hybridized carbons (Fsp3) is 0.182. The normalized spacial score (nSPS) is 10.8. The molecule has 2 heterocycles. The van der Waals surface area contributed by atoms with Crippen molar-refractivity contribution in [3.8, 4) is 17.2 Å². The van der Waals surface area contributed by atoms with Gasteiger partial charge in [0.05, 0.1) is 26.2 Å². The van der Waals surface area contributed by atoms with Gasteiger partial charge in [0.15, 0.2) is 11.2 Å². The van der Waals surface area contributed by atoms with Crippen LogP contribution in [0.5, 0.6) is 11.5 Å². The van der Waals surface area contributed by atoms with Crippen LogP contribution in [0.3, 0.4) is 0 Å². The molecule has 0 aliphatic carbocycles. The lowest BCUT2D eigenvalue weighted by Gasteiger charge is -2.09. The summed E-state index contributed by atoms with van der Waals surface area (Å²) in [6.45, 7) is 0.219. The Bertz CT molecular complexity index is 1290. The van der Waals surface area contributed by atoms with Crippen LogP contribution in [0, 0.1) is 0 Å². The quantitative estimate of drug-likeness (QED) is 0.514. The van der Waals surface area contributed by atoms with E-state index in [2.05, 4.69) is 15.4 Å². The number of nitrogens with one attached hydrogen (secondary N) is 1. The highest BCUT2D eigenvalue weighted by Crippen LogP contribution is 2.23. The topological polar surface area (TPSA) is 100 Å². The van der Waals surface area contributed by atoms with Crippen molar-refractivity contribution in [2.24, 2.45) is 7.05 Å². The summed E-state index contributed by atoms with van der Waals surface area (Å²) >= 11 is 0. The van der Waals surface area contributed by atoms with E-state index >= 15 is 0 Å². The molecule has 1 amide bonds. The van der Waals surface area contributed by atoms with Crippen LogP contribution < -0.4 is 20.3 Å². The molecule has 158 valence electrons. The summed E-state index contributed by atoms with van der Waals surface area (Å²) in [5.74, 6) is 0.794. The third kappa shape index (κ3) is 3.85. The number of nitrogens with zero attached hydrogens (tertiary/aromatic N) is 4. The van der Waals surface area contributed by atoms with Crippen LogP contribution in [0.2, 0.25) is 0 Å². The van der Waals surface area contributed by atoms with Gasteiger partial charge in [-0.2, -0.15) is 5.10 Å². The molecule has 9 heteroatoms. The van der Waals surface area contributed by atoms with Gasteiger partial charge in [0.2, 0.25) is 0 Å². The van der Waals surface area contributed by atoms with Gasteiger partial charge in [-0.15, -0.1) is 0 Å². The molecule has 0 saturated heterocycles. The number of carbonyl (C=O) groups is 1. The Morgan fingerprint density at radius 3 is 2.39 bits per heavy atom. The van der Waals surface area contributed by atoms with E-state index in [-0.39, 0.29) is 28.8 Å². The predicted molar refractivity (Wildman–Crippen MR) is 115 cm³/mol. The van der Waals surface area contributed by atoms with Gasteiger partial charge in [-0.1, -0.05) is 18.2 Å². The molecular weight excluding hydrogens is 398 g/mol. The van der Waals surface area contributed by atoms with E-state index in [0.29, 0.717) is 17.2 Å². The van der Waals surface area contributed by atoms with E-state index in [9.17, 15) is 9.59 Å². The number of methoxy groups -OCH3 is 2. The molecule has 1 N–H and O–H groups in total. The summed E-state index contributed by atoms with van der Waals surface area (Å²) in [5.41, 5.74) is 1.72. The lowest BCUT2D eigenvalue weighted by molar-refractivity contribution is 0.0947. The van der Waals surface area contributed by atoms with E-state index < -0.39 is 5.91 Å². The van der Waals surface area contributed by atoms with Crippen molar-refractivity contribution in [1.82, 2.24) is 24.6 Å². The van der Waals surface area contributed by atoms with Gasteiger partial charge in [0.25, 0.3) is 11.5 Å². The van der Waals surface area contributed by atoms with Crippen LogP contribution in [0.1, 0.15) is 16.1 Å². The van der Waals surface area contributed by atoms with Gasteiger partial charge in [0, 0.05) is 19.7 Å². The molecule has 0 saturated carbocycles. The van der Waals surface area contributed by atoms with Crippen molar-refractivity contribution < 1.29 is 14.3 Å². The molecule has 0 aliphatic heterocycles. The predicted octanol–water partition coefficient (Wildman–Crippen LogP) is 2.07. The molecule has 0 unspecified atom stereocenters. The van der Waals surface area contributed by atoms with E-state index in [1.807, 2.05) is 30.3 Å². The average Bonchev–Trinajstić information content (AvgIpc) is 3.20. The molecule has 2 aromatic carbocycles. The van der Waals surface area contributed by atoms with Gasteiger partial charge in [-0.25, -0.2) is 9.67 Å². The van der Waals surface area contributed by atoms with E-state index in [1.54, 1.807) is 39.5 Å². The Balaban J connectivity index is 1.71. The minimum absolute atomic E-state index is 0.0754. The molecule has 4 rings (SSSR count). The van der Waals surface area contributed by atoms with Crippen molar-refractivity contribution in [3.63, 3.8) is 0 Å². The van der Waals surface area contributed by atoms with Crippen molar-refractivity contribution in [2.75, 3.05) is 14.2 Å². The number of rotatable bonds is 6. The largest absolute Gasteiger partial charge is 0.497 e. The highest BCUT2D eigenvalue weighted by Gasteiger charge is 2.22. The van der Waals surface area contributed by atoms with Gasteiger partial charge in [0.1, 0.15) is 17.0 Å². The fourth-order valence-electron chi connectivity index (χ4n) is 3.23. The third-order valence-electron chi connectivity index (χ3n) is 4.82. The first-order chi connectivity index (χ1) is 15.0. The van der Waals surface area contributed by atoms with Crippen molar-refractivity contribution in [3.05, 3.63) is 76.5 Å². The molecule has 2 aromatic heterocycles. The Morgan fingerprint density at radius 2 is 1.74 bits per heavy atom. The SMILES string of the molecule is COc1cc(CNC(=O)c2nn(-c3ccccc3)c3c(=O)n(C)cnc23)cc(OC)c1. The summed E-state index contributed by atoms with van der Waals surface area (Å²) < 4.78 is 13.3. The summed E-state index contributed by atoms with van der Waals surface area (Å²) in [4.78, 5) is 30.1. The molecule has 0 bridgehead atoms. The molecule has 0 radical (unpaired) electrons. The van der Waals surface area contributed by atoms with Gasteiger partial charge in [-0.3, -0.25) is 9.59 Å². The van der Waals surface area contributed by atoms with Gasteiger partial charge >= 0.3 is 0 Å². The standard InChI is InChI=1S/C22H21N5O4/c1-26-13-24-18-19(25-27(20(18)22(26)29)15-7-5-4-6-8-15)21(28)23-12-14-9-16(30-2)11-17(10-14)31-3/h4-11,13H,12H2,1-3H3,(H,23,28). The molecular formula is C22H21N5O4. The second-order valence-corrected chi connectivity index (χ2v) is 6.86. The Labute approximate surface area is 177 Å². The number of amides is 1. The maximum Gasteiger partial charge on any atom is 0.279 e. The van der Waals surface area contributed by atoms with Crippen LogP contribution in [0.15, 0.2) is 59.7 Å². The van der Waals surface area contributed by atoms with Gasteiger partial charge in [-0.05, 0) is 29.8 Å². The summed E-state index contributed by atoms with van der Waals surface area (Å²) in [6.07, 6.45) is 1.38. The number of benzene rings is 2. The zero-order valence-electron chi connectivity index (χ0n) is 17.3. The molecule has 31 heavy (non-hydrogen) atoms. The Hall–Kier alpha value is -4.14. The fourth-order valence-corrected chi connectivity index (χ4v) is 3.23. The first-order valence-electron chi connectivity index (χ1n) is 9.51. The number of aromatic nitrogens is 4. The number of aryl methyl sites for hydroxylation is 1. The van der Waals surface area contributed by atoms with E-state index in [0.717, 1.165) is 5.56 Å². The number of para-hydroxylation sites is 1. The minimum atomic E-state index is -0.442. The van der Waals surface area contributed by atoms with Crippen molar-refractivity contribution >= 4 is 16.9 Å². The molecule has 9 nitrogen and oxygen atoms in total. The maximum absolute atomic E-state index is 13.0. The molecule has 0 aliphatic rings. The number of carbonyl (C=O) groups excluding carboxylic acids is 1. The zero-order valence-corrected chi connectivity index (χ0v) is 17.3. The molecule has 0 spiro atoms. The zero-order chi connectivity index (χ0) is 22.0. The van der Waals surface area contributed by atoms with Crippen LogP contribution in [0.4, 0.5) is 0 Å². The first kappa shape index (κ1) is 20.1. The molecule has 4 aromatic rings. The van der Waals surface area contributed by atoms with E-state index in [1.165, 1.54) is 15.6 Å². The number of ether oxygens (including phenoxy) is 2. The number of hydrogen-bond donors (Lipinski definition) is 1. The third-order valence-corrected chi connectivity index (χ3v) is 4.82. The van der Waals surface area contributed by atoms with Crippen LogP contribution in [-0.4, -0.2) is 39.5 Å². The summed E-state index contributed by atoms with van der Waals surface area (Å²) in [5, 5.41) is 7.25. The summed E-state index contributed by atoms with van der Waals surface area (Å²) in [7, 11) is 4.73. The maximum atomic E-state index is 13.0. The minimum Gasteiger partial charge on any atom is -0.497 e. The lowest BCUT2D eigenvalue weighted by atomic mass is 10.2. The highest BCUT2D eigenvalue weighted by atomic mass is 16.5. The molecule has 0 atom stereocenters.